The molecule has 2 rings (SSSR count). The summed E-state index contributed by atoms with van der Waals surface area (Å²) >= 11 is 0. The molecule has 1 unspecified atom stereocenters. The molecule has 0 amide bonds. The van der Waals surface area contributed by atoms with E-state index in [2.05, 4.69) is 98.6 Å². The van der Waals surface area contributed by atoms with Gasteiger partial charge in [-0.1, -0.05) is 102 Å². The molecule has 3 heteroatoms. The predicted octanol–water partition coefficient (Wildman–Crippen LogP) is 6.65. The number of ether oxygens (including phenoxy) is 1. The van der Waals surface area contributed by atoms with E-state index in [1.165, 1.54) is 21.9 Å². The standard InChI is InChI=1S/C25H41OSi2/c1-17-15-20(22(26-7)21(16-17)28(10,11)12)25(5,6)19-14-13-18(24(2,3)4)23(19)27(8)9/h13-16,18H,1-12H3. The summed E-state index contributed by atoms with van der Waals surface area (Å²) in [4.78, 5) is 0. The second-order valence-electron chi connectivity index (χ2n) is 11.3. The van der Waals surface area contributed by atoms with Crippen molar-refractivity contribution in [1.82, 2.24) is 0 Å². The zero-order valence-corrected chi connectivity index (χ0v) is 22.3. The highest BCUT2D eigenvalue weighted by Crippen LogP contribution is 2.48. The van der Waals surface area contributed by atoms with Gasteiger partial charge < -0.3 is 4.74 Å². The molecule has 0 heterocycles. The van der Waals surface area contributed by atoms with Crippen LogP contribution in [0.2, 0.25) is 32.7 Å². The molecule has 0 aliphatic heterocycles. The van der Waals surface area contributed by atoms with E-state index in [0.29, 0.717) is 5.92 Å². The predicted molar refractivity (Wildman–Crippen MR) is 130 cm³/mol. The molecule has 155 valence electrons. The first kappa shape index (κ1) is 23.2. The van der Waals surface area contributed by atoms with Crippen LogP contribution in [0.15, 0.2) is 35.1 Å². The summed E-state index contributed by atoms with van der Waals surface area (Å²) in [5.74, 6) is 1.66. The van der Waals surface area contributed by atoms with Gasteiger partial charge in [-0.25, -0.2) is 0 Å². The van der Waals surface area contributed by atoms with Crippen LogP contribution in [0, 0.1) is 18.3 Å². The lowest BCUT2D eigenvalue weighted by molar-refractivity contribution is 0.339. The molecule has 1 atom stereocenters. The van der Waals surface area contributed by atoms with E-state index in [9.17, 15) is 0 Å². The zero-order valence-electron chi connectivity index (χ0n) is 20.3. The Bertz CT molecular complexity index is 799. The minimum atomic E-state index is -1.51. The summed E-state index contributed by atoms with van der Waals surface area (Å²) in [5.41, 5.74) is 4.40. The zero-order chi connectivity index (χ0) is 21.7. The van der Waals surface area contributed by atoms with Gasteiger partial charge in [0.15, 0.2) is 0 Å². The van der Waals surface area contributed by atoms with Crippen LogP contribution in [0.25, 0.3) is 0 Å². The average molecular weight is 414 g/mol. The van der Waals surface area contributed by atoms with Gasteiger partial charge in [-0.3, -0.25) is 0 Å². The van der Waals surface area contributed by atoms with Gasteiger partial charge in [0, 0.05) is 11.0 Å². The smallest absolute Gasteiger partial charge is 0.122 e. The van der Waals surface area contributed by atoms with Crippen molar-refractivity contribution in [3.05, 3.63) is 46.2 Å². The van der Waals surface area contributed by atoms with Crippen molar-refractivity contribution in [2.75, 3.05) is 7.11 Å². The molecule has 0 aromatic heterocycles. The molecule has 0 spiro atoms. The molecule has 28 heavy (non-hydrogen) atoms. The number of rotatable bonds is 5. The first-order chi connectivity index (χ1) is 12.6. The first-order valence-corrected chi connectivity index (χ1v) is 16.5. The van der Waals surface area contributed by atoms with Crippen molar-refractivity contribution in [3.8, 4) is 5.75 Å². The Morgan fingerprint density at radius 1 is 1.00 bits per heavy atom. The van der Waals surface area contributed by atoms with Crippen molar-refractivity contribution < 1.29 is 4.74 Å². The van der Waals surface area contributed by atoms with Crippen LogP contribution in [0.4, 0.5) is 0 Å². The molecule has 1 aromatic carbocycles. The average Bonchev–Trinajstić information content (AvgIpc) is 2.99. The van der Waals surface area contributed by atoms with Gasteiger partial charge >= 0.3 is 0 Å². The Morgan fingerprint density at radius 3 is 2.00 bits per heavy atom. The molecule has 1 aliphatic carbocycles. The molecule has 1 aromatic rings. The monoisotopic (exact) mass is 413 g/mol. The van der Waals surface area contributed by atoms with Gasteiger partial charge in [-0.05, 0) is 29.0 Å². The number of allylic oxidation sites excluding steroid dienone is 4. The summed E-state index contributed by atoms with van der Waals surface area (Å²) in [5, 5.41) is 3.13. The lowest BCUT2D eigenvalue weighted by Crippen LogP contribution is -2.40. The van der Waals surface area contributed by atoms with E-state index in [-0.39, 0.29) is 10.8 Å². The second-order valence-corrected chi connectivity index (χ2v) is 18.9. The maximum atomic E-state index is 6.09. The number of hydrogen-bond acceptors (Lipinski definition) is 1. The fraction of sp³-hybridized carbons (Fsp3) is 0.600. The maximum absolute atomic E-state index is 6.09. The van der Waals surface area contributed by atoms with Gasteiger partial charge in [-0.15, -0.1) is 0 Å². The number of methoxy groups -OCH3 is 1. The second kappa shape index (κ2) is 7.64. The normalized spacial score (nSPS) is 18.4. The molecule has 1 nitrogen and oxygen atoms in total. The van der Waals surface area contributed by atoms with E-state index in [0.717, 1.165) is 5.75 Å². The van der Waals surface area contributed by atoms with Gasteiger partial charge in [0.05, 0.1) is 24.0 Å². The quantitative estimate of drug-likeness (QED) is 0.491. The third-order valence-corrected chi connectivity index (χ3v) is 9.77. The van der Waals surface area contributed by atoms with E-state index in [1.54, 1.807) is 5.20 Å². The van der Waals surface area contributed by atoms with Gasteiger partial charge in [0.25, 0.3) is 0 Å². The lowest BCUT2D eigenvalue weighted by atomic mass is 9.75. The van der Waals surface area contributed by atoms with Gasteiger partial charge in [0.2, 0.25) is 0 Å². The van der Waals surface area contributed by atoms with E-state index in [1.807, 2.05) is 7.11 Å². The summed E-state index contributed by atoms with van der Waals surface area (Å²) < 4.78 is 6.09. The van der Waals surface area contributed by atoms with Crippen LogP contribution in [-0.2, 0) is 5.41 Å². The van der Waals surface area contributed by atoms with E-state index < -0.39 is 16.9 Å². The minimum Gasteiger partial charge on any atom is -0.497 e. The van der Waals surface area contributed by atoms with E-state index in [4.69, 9.17) is 4.74 Å². The molecule has 0 bridgehead atoms. The van der Waals surface area contributed by atoms with Crippen molar-refractivity contribution in [1.29, 1.82) is 0 Å². The summed E-state index contributed by atoms with van der Waals surface area (Å²) in [7, 11) is -0.230. The van der Waals surface area contributed by atoms with Crippen LogP contribution in [0.3, 0.4) is 0 Å². The SMILES string of the molecule is COc1c(C(C)(C)C2=C([Si](C)C)C(C(C)(C)C)C=C2)cc(C)cc1[Si](C)(C)C. The highest BCUT2D eigenvalue weighted by molar-refractivity contribution is 6.89. The molecule has 0 saturated heterocycles. The number of benzene rings is 1. The molecular formula is C25H41OSi2. The molecular weight excluding hydrogens is 372 g/mol. The Labute approximate surface area is 176 Å². The Morgan fingerprint density at radius 2 is 1.57 bits per heavy atom. The van der Waals surface area contributed by atoms with Crippen LogP contribution >= 0.6 is 0 Å². The minimum absolute atomic E-state index is 0.0699. The molecule has 0 fully saturated rings. The van der Waals surface area contributed by atoms with Gasteiger partial charge in [0.1, 0.15) is 5.75 Å². The highest BCUT2D eigenvalue weighted by atomic mass is 28.3. The fourth-order valence-electron chi connectivity index (χ4n) is 4.55. The van der Waals surface area contributed by atoms with Crippen molar-refractivity contribution in [2.45, 2.75) is 79.7 Å². The third-order valence-electron chi connectivity index (χ3n) is 6.12. The maximum Gasteiger partial charge on any atom is 0.122 e. The van der Waals surface area contributed by atoms with Crippen LogP contribution in [-0.4, -0.2) is 24.0 Å². The number of hydrogen-bond donors (Lipinski definition) is 0. The van der Waals surface area contributed by atoms with E-state index >= 15 is 0 Å². The summed E-state index contributed by atoms with van der Waals surface area (Å²) in [6.45, 7) is 26.3. The molecule has 1 aliphatic rings. The highest BCUT2D eigenvalue weighted by Gasteiger charge is 2.40. The molecule has 1 radical (unpaired) electrons. The van der Waals surface area contributed by atoms with Crippen LogP contribution in [0.1, 0.15) is 45.7 Å². The first-order valence-electron chi connectivity index (χ1n) is 10.5. The molecule has 0 N–H and O–H groups in total. The summed E-state index contributed by atoms with van der Waals surface area (Å²) in [6, 6.07) is 4.72. The molecule has 0 saturated carbocycles. The third kappa shape index (κ3) is 4.26. The van der Waals surface area contributed by atoms with Crippen molar-refractivity contribution in [3.63, 3.8) is 0 Å². The Hall–Kier alpha value is -1.07. The van der Waals surface area contributed by atoms with Crippen LogP contribution in [0.5, 0.6) is 5.75 Å². The number of aryl methyl sites for hydroxylation is 1. The van der Waals surface area contributed by atoms with Crippen molar-refractivity contribution >= 4 is 22.1 Å². The van der Waals surface area contributed by atoms with Gasteiger partial charge in [-0.2, -0.15) is 0 Å². The lowest BCUT2D eigenvalue weighted by Gasteiger charge is -2.36. The topological polar surface area (TPSA) is 9.23 Å². The Kier molecular flexibility index (Phi) is 6.34. The largest absolute Gasteiger partial charge is 0.497 e. The Balaban J connectivity index is 2.79. The van der Waals surface area contributed by atoms with Crippen molar-refractivity contribution in [2.24, 2.45) is 11.3 Å². The fourth-order valence-corrected chi connectivity index (χ4v) is 8.22. The van der Waals surface area contributed by atoms with Crippen LogP contribution < -0.4 is 9.92 Å². The summed E-state index contributed by atoms with van der Waals surface area (Å²) in [6.07, 6.45) is 4.89.